The Morgan fingerprint density at radius 1 is 0.867 bits per heavy atom. The van der Waals surface area contributed by atoms with Gasteiger partial charge in [-0.05, 0) is 44.2 Å². The van der Waals surface area contributed by atoms with Crippen molar-refractivity contribution in [3.63, 3.8) is 0 Å². The number of ether oxygens (including phenoxy) is 2. The molecule has 1 amide bonds. The van der Waals surface area contributed by atoms with Crippen molar-refractivity contribution >= 4 is 33.4 Å². The topological polar surface area (TPSA) is 116 Å². The predicted octanol–water partition coefficient (Wildman–Crippen LogP) is 3.09. The molecule has 2 aromatic carbocycles. The maximum Gasteiger partial charge on any atom is 0.338 e. The first-order chi connectivity index (χ1) is 14.2. The monoisotopic (exact) mass is 433 g/mol. The number of rotatable bonds is 8. The van der Waals surface area contributed by atoms with Crippen molar-refractivity contribution < 1.29 is 32.3 Å². The molecule has 160 valence electrons. The van der Waals surface area contributed by atoms with Crippen molar-refractivity contribution in [3.8, 4) is 0 Å². The van der Waals surface area contributed by atoms with E-state index in [1.807, 2.05) is 0 Å². The maximum atomic E-state index is 12.8. The lowest BCUT2D eigenvalue weighted by Gasteiger charge is -2.12. The molecule has 2 aromatic rings. The van der Waals surface area contributed by atoms with Gasteiger partial charge in [0, 0.05) is 5.69 Å². The molecule has 1 N–H and O–H groups in total. The number of hydrogen-bond donors (Lipinski definition) is 1. The first-order valence-corrected chi connectivity index (χ1v) is 11.0. The second kappa shape index (κ2) is 10.0. The molecule has 0 heterocycles. The Kier molecular flexibility index (Phi) is 7.71. The highest BCUT2D eigenvalue weighted by Crippen LogP contribution is 2.21. The summed E-state index contributed by atoms with van der Waals surface area (Å²) in [5, 5.41) is 2.55. The Balaban J connectivity index is 2.46. The van der Waals surface area contributed by atoms with Crippen LogP contribution in [0.25, 0.3) is 0 Å². The zero-order chi connectivity index (χ0) is 22.3. The number of sulfone groups is 1. The summed E-state index contributed by atoms with van der Waals surface area (Å²) in [6.07, 6.45) is 0. The van der Waals surface area contributed by atoms with Crippen LogP contribution < -0.4 is 5.32 Å². The lowest BCUT2D eigenvalue weighted by Crippen LogP contribution is -2.18. The molecule has 0 fully saturated rings. The largest absolute Gasteiger partial charge is 0.462 e. The average molecular weight is 433 g/mol. The average Bonchev–Trinajstić information content (AvgIpc) is 2.73. The Labute approximate surface area is 175 Å². The SMILES string of the molecule is CCOC(=O)c1cc(NC(=O)c2ccccc2S(=O)(=O)CC)cc(C(=O)OCC)c1. The summed E-state index contributed by atoms with van der Waals surface area (Å²) in [6.45, 7) is 5.03. The summed E-state index contributed by atoms with van der Waals surface area (Å²) in [5.74, 6) is -2.21. The van der Waals surface area contributed by atoms with Gasteiger partial charge in [-0.2, -0.15) is 0 Å². The van der Waals surface area contributed by atoms with Crippen molar-refractivity contribution in [3.05, 3.63) is 59.2 Å². The molecule has 0 radical (unpaired) electrons. The minimum atomic E-state index is -3.63. The molecule has 30 heavy (non-hydrogen) atoms. The highest BCUT2D eigenvalue weighted by atomic mass is 32.2. The van der Waals surface area contributed by atoms with Gasteiger partial charge in [-0.15, -0.1) is 0 Å². The van der Waals surface area contributed by atoms with E-state index in [-0.39, 0.29) is 46.2 Å². The minimum absolute atomic E-state index is 0.0430. The molecule has 0 atom stereocenters. The number of esters is 2. The molecule has 0 aromatic heterocycles. The Bertz CT molecular complexity index is 1020. The normalized spacial score (nSPS) is 10.9. The van der Waals surface area contributed by atoms with E-state index in [2.05, 4.69) is 5.32 Å². The van der Waals surface area contributed by atoms with E-state index in [1.165, 1.54) is 43.3 Å². The second-order valence-corrected chi connectivity index (χ2v) is 8.34. The standard InChI is InChI=1S/C21H23NO7S/c1-4-28-20(24)14-11-15(21(25)29-5-2)13-16(12-14)22-19(23)17-9-7-8-10-18(17)30(26,27)6-3/h7-13H,4-6H2,1-3H3,(H,22,23). The van der Waals surface area contributed by atoms with E-state index in [0.717, 1.165) is 0 Å². The molecular formula is C21H23NO7S. The van der Waals surface area contributed by atoms with Gasteiger partial charge < -0.3 is 14.8 Å². The van der Waals surface area contributed by atoms with Crippen LogP contribution in [0.3, 0.4) is 0 Å². The van der Waals surface area contributed by atoms with Crippen LogP contribution in [-0.4, -0.2) is 45.2 Å². The first kappa shape index (κ1) is 23.1. The third-order valence-corrected chi connectivity index (χ3v) is 5.85. The molecule has 0 aliphatic heterocycles. The second-order valence-electron chi connectivity index (χ2n) is 6.09. The predicted molar refractivity (Wildman–Crippen MR) is 110 cm³/mol. The van der Waals surface area contributed by atoms with Crippen molar-refractivity contribution in [2.24, 2.45) is 0 Å². The highest BCUT2D eigenvalue weighted by Gasteiger charge is 2.22. The van der Waals surface area contributed by atoms with Gasteiger partial charge in [0.15, 0.2) is 9.84 Å². The smallest absolute Gasteiger partial charge is 0.338 e. The molecule has 0 unspecified atom stereocenters. The molecule has 8 nitrogen and oxygen atoms in total. The Morgan fingerprint density at radius 3 is 1.90 bits per heavy atom. The summed E-state index contributed by atoms with van der Waals surface area (Å²) in [7, 11) is -3.63. The summed E-state index contributed by atoms with van der Waals surface area (Å²) in [6, 6.07) is 9.81. The van der Waals surface area contributed by atoms with E-state index in [1.54, 1.807) is 19.9 Å². The summed E-state index contributed by atoms with van der Waals surface area (Å²) >= 11 is 0. The van der Waals surface area contributed by atoms with E-state index in [0.29, 0.717) is 0 Å². The van der Waals surface area contributed by atoms with Crippen LogP contribution in [0.15, 0.2) is 47.4 Å². The summed E-state index contributed by atoms with van der Waals surface area (Å²) < 4.78 is 34.5. The van der Waals surface area contributed by atoms with Crippen LogP contribution in [0, 0.1) is 0 Å². The molecule has 2 rings (SSSR count). The molecule has 0 aliphatic rings. The molecule has 0 spiro atoms. The van der Waals surface area contributed by atoms with Gasteiger partial charge in [0.2, 0.25) is 0 Å². The van der Waals surface area contributed by atoms with Gasteiger partial charge in [0.1, 0.15) is 0 Å². The van der Waals surface area contributed by atoms with Crippen LogP contribution in [0.1, 0.15) is 51.8 Å². The molecular weight excluding hydrogens is 410 g/mol. The number of benzene rings is 2. The lowest BCUT2D eigenvalue weighted by atomic mass is 10.1. The van der Waals surface area contributed by atoms with Gasteiger partial charge in [-0.25, -0.2) is 18.0 Å². The molecule has 0 saturated heterocycles. The van der Waals surface area contributed by atoms with Crippen LogP contribution in [-0.2, 0) is 19.3 Å². The number of carbonyl (C=O) groups excluding carboxylic acids is 3. The minimum Gasteiger partial charge on any atom is -0.462 e. The van der Waals surface area contributed by atoms with Crippen LogP contribution in [0.4, 0.5) is 5.69 Å². The van der Waals surface area contributed by atoms with Gasteiger partial charge in [0.05, 0.1) is 40.6 Å². The maximum absolute atomic E-state index is 12.8. The molecule has 9 heteroatoms. The van der Waals surface area contributed by atoms with Crippen LogP contribution in [0.2, 0.25) is 0 Å². The molecule has 0 bridgehead atoms. The third kappa shape index (κ3) is 5.44. The fourth-order valence-corrected chi connectivity index (χ4v) is 3.74. The molecule has 0 saturated carbocycles. The van der Waals surface area contributed by atoms with E-state index >= 15 is 0 Å². The van der Waals surface area contributed by atoms with Gasteiger partial charge in [-0.3, -0.25) is 4.79 Å². The number of hydrogen-bond acceptors (Lipinski definition) is 7. The van der Waals surface area contributed by atoms with Crippen molar-refractivity contribution in [2.45, 2.75) is 25.7 Å². The first-order valence-electron chi connectivity index (χ1n) is 9.35. The summed E-state index contributed by atoms with van der Waals surface area (Å²) in [4.78, 5) is 37.0. The number of nitrogens with one attached hydrogen (secondary N) is 1. The van der Waals surface area contributed by atoms with Crippen LogP contribution >= 0.6 is 0 Å². The number of amides is 1. The van der Waals surface area contributed by atoms with E-state index < -0.39 is 27.7 Å². The zero-order valence-corrected chi connectivity index (χ0v) is 17.7. The number of anilines is 1. The molecule has 0 aliphatic carbocycles. The third-order valence-electron chi connectivity index (χ3n) is 4.06. The fraction of sp³-hybridized carbons (Fsp3) is 0.286. The van der Waals surface area contributed by atoms with Gasteiger partial charge >= 0.3 is 11.9 Å². The van der Waals surface area contributed by atoms with Crippen LogP contribution in [0.5, 0.6) is 0 Å². The van der Waals surface area contributed by atoms with Crippen molar-refractivity contribution in [2.75, 3.05) is 24.3 Å². The quantitative estimate of drug-likeness (QED) is 0.636. The Morgan fingerprint density at radius 2 is 1.40 bits per heavy atom. The zero-order valence-electron chi connectivity index (χ0n) is 16.9. The van der Waals surface area contributed by atoms with E-state index in [4.69, 9.17) is 9.47 Å². The fourth-order valence-electron chi connectivity index (χ4n) is 2.64. The van der Waals surface area contributed by atoms with Crippen molar-refractivity contribution in [1.29, 1.82) is 0 Å². The van der Waals surface area contributed by atoms with Gasteiger partial charge in [0.25, 0.3) is 5.91 Å². The van der Waals surface area contributed by atoms with E-state index in [9.17, 15) is 22.8 Å². The number of carbonyl (C=O) groups is 3. The summed E-state index contributed by atoms with van der Waals surface area (Å²) in [5.41, 5.74) is 0.176. The Hall–Kier alpha value is -3.20. The lowest BCUT2D eigenvalue weighted by molar-refractivity contribution is 0.0525. The van der Waals surface area contributed by atoms with Gasteiger partial charge in [-0.1, -0.05) is 19.1 Å². The van der Waals surface area contributed by atoms with Crippen molar-refractivity contribution in [1.82, 2.24) is 0 Å². The highest BCUT2D eigenvalue weighted by molar-refractivity contribution is 7.91.